The zero-order chi connectivity index (χ0) is 16.2. The highest BCUT2D eigenvalue weighted by atomic mass is 28.3. The van der Waals surface area contributed by atoms with Gasteiger partial charge >= 0.3 is 5.97 Å². The monoisotopic (exact) mass is 308 g/mol. The maximum absolute atomic E-state index is 11.9. The fourth-order valence-corrected chi connectivity index (χ4v) is 10.8. The van der Waals surface area contributed by atoms with Crippen LogP contribution in [0.25, 0.3) is 0 Å². The normalized spacial score (nSPS) is 35.6. The van der Waals surface area contributed by atoms with Crippen molar-refractivity contribution in [1.82, 2.24) is 0 Å². The van der Waals surface area contributed by atoms with E-state index in [-0.39, 0.29) is 11.7 Å². The Bertz CT molecular complexity index is 466. The maximum Gasteiger partial charge on any atom is 0.333 e. The zero-order valence-electron chi connectivity index (χ0n) is 14.9. The molecule has 4 unspecified atom stereocenters. The lowest BCUT2D eigenvalue weighted by Gasteiger charge is -2.74. The SMILES string of the molecule is C=C(C)C(=O)OC(C)[Si](C)(C)C12CC(CCC1C)C2(C)C. The molecule has 0 aliphatic heterocycles. The van der Waals surface area contributed by atoms with Crippen molar-refractivity contribution in [3.05, 3.63) is 12.2 Å². The predicted molar refractivity (Wildman–Crippen MR) is 90.8 cm³/mol. The van der Waals surface area contributed by atoms with Crippen LogP contribution in [-0.4, -0.2) is 19.8 Å². The highest BCUT2D eigenvalue weighted by Gasteiger charge is 2.71. The lowest BCUT2D eigenvalue weighted by atomic mass is 9.45. The average molecular weight is 309 g/mol. The summed E-state index contributed by atoms with van der Waals surface area (Å²) in [5.41, 5.74) is 0.943. The molecule has 0 N–H and O–H groups in total. The molecule has 120 valence electrons. The van der Waals surface area contributed by atoms with E-state index in [4.69, 9.17) is 4.74 Å². The number of carbonyl (C=O) groups is 1. The van der Waals surface area contributed by atoms with Gasteiger partial charge in [0.1, 0.15) is 8.07 Å². The summed E-state index contributed by atoms with van der Waals surface area (Å²) in [5.74, 6) is 1.38. The van der Waals surface area contributed by atoms with Gasteiger partial charge in [0.2, 0.25) is 0 Å². The average Bonchev–Trinajstić information content (AvgIpc) is 2.37. The molecule has 2 nitrogen and oxygen atoms in total. The van der Waals surface area contributed by atoms with Gasteiger partial charge in [-0.25, -0.2) is 4.79 Å². The summed E-state index contributed by atoms with van der Waals surface area (Å²) in [5, 5.41) is 0.400. The molecule has 0 amide bonds. The van der Waals surface area contributed by atoms with Gasteiger partial charge in [-0.1, -0.05) is 46.9 Å². The molecule has 4 atom stereocenters. The van der Waals surface area contributed by atoms with Crippen molar-refractivity contribution in [1.29, 1.82) is 0 Å². The Morgan fingerprint density at radius 3 is 2.33 bits per heavy atom. The van der Waals surface area contributed by atoms with Crippen molar-refractivity contribution in [2.24, 2.45) is 17.3 Å². The fourth-order valence-electron chi connectivity index (χ4n) is 5.64. The molecule has 0 saturated heterocycles. The van der Waals surface area contributed by atoms with E-state index >= 15 is 0 Å². The summed E-state index contributed by atoms with van der Waals surface area (Å²) in [6.45, 7) is 19.8. The van der Waals surface area contributed by atoms with E-state index in [0.717, 1.165) is 11.8 Å². The minimum absolute atomic E-state index is 0.0440. The molecule has 3 aliphatic rings. The zero-order valence-corrected chi connectivity index (χ0v) is 15.9. The second-order valence-electron chi connectivity index (χ2n) is 8.62. The maximum atomic E-state index is 11.9. The van der Waals surface area contributed by atoms with E-state index in [9.17, 15) is 4.79 Å². The van der Waals surface area contributed by atoms with Crippen LogP contribution in [0.5, 0.6) is 0 Å². The molecule has 0 spiro atoms. The minimum atomic E-state index is -1.76. The predicted octanol–water partition coefficient (Wildman–Crippen LogP) is 4.96. The summed E-state index contributed by atoms with van der Waals surface area (Å²) in [6.07, 6.45) is 4.06. The third-order valence-electron chi connectivity index (χ3n) is 7.33. The van der Waals surface area contributed by atoms with Crippen LogP contribution in [0.1, 0.15) is 53.9 Å². The van der Waals surface area contributed by atoms with Crippen molar-refractivity contribution in [3.8, 4) is 0 Å². The molecule has 0 aromatic heterocycles. The lowest BCUT2D eigenvalue weighted by molar-refractivity contribution is -0.142. The number of hydrogen-bond donors (Lipinski definition) is 0. The largest absolute Gasteiger partial charge is 0.463 e. The first-order valence-electron chi connectivity index (χ1n) is 8.35. The van der Waals surface area contributed by atoms with Gasteiger partial charge in [-0.15, -0.1) is 0 Å². The molecule has 3 heteroatoms. The number of fused-ring (bicyclic) bond motifs is 2. The van der Waals surface area contributed by atoms with Crippen LogP contribution in [0.3, 0.4) is 0 Å². The van der Waals surface area contributed by atoms with E-state index in [2.05, 4.69) is 47.4 Å². The molecule has 3 rings (SSSR count). The summed E-state index contributed by atoms with van der Waals surface area (Å²) in [4.78, 5) is 11.9. The van der Waals surface area contributed by atoms with Gasteiger partial charge in [-0.05, 0) is 49.0 Å². The summed E-state index contributed by atoms with van der Waals surface area (Å²) in [7, 11) is -1.76. The second kappa shape index (κ2) is 4.97. The van der Waals surface area contributed by atoms with E-state index in [1.165, 1.54) is 19.3 Å². The van der Waals surface area contributed by atoms with E-state index in [1.54, 1.807) is 6.92 Å². The second-order valence-corrected chi connectivity index (χ2v) is 13.8. The molecule has 0 radical (unpaired) electrons. The topological polar surface area (TPSA) is 26.3 Å². The van der Waals surface area contributed by atoms with Crippen molar-refractivity contribution in [2.75, 3.05) is 0 Å². The van der Waals surface area contributed by atoms with Crippen molar-refractivity contribution < 1.29 is 9.53 Å². The van der Waals surface area contributed by atoms with Crippen LogP contribution in [0.2, 0.25) is 18.1 Å². The lowest BCUT2D eigenvalue weighted by Crippen LogP contribution is -2.70. The first-order valence-corrected chi connectivity index (χ1v) is 11.4. The number of hydrogen-bond acceptors (Lipinski definition) is 2. The van der Waals surface area contributed by atoms with Gasteiger partial charge in [0, 0.05) is 5.57 Å². The van der Waals surface area contributed by atoms with Crippen molar-refractivity contribution >= 4 is 14.0 Å². The summed E-state index contributed by atoms with van der Waals surface area (Å²) in [6, 6.07) is 0. The van der Waals surface area contributed by atoms with Gasteiger partial charge in [-0.3, -0.25) is 0 Å². The standard InChI is InChI=1S/C18H32O2Si/c1-12(2)16(19)20-14(4)21(7,8)18-11-15(17(18,5)6)10-9-13(18)3/h13-15H,1,9-11H2,2-8H3. The Morgan fingerprint density at radius 1 is 1.33 bits per heavy atom. The third kappa shape index (κ3) is 2.07. The Hall–Kier alpha value is -0.573. The fraction of sp³-hybridized carbons (Fsp3) is 0.833. The molecule has 2 bridgehead atoms. The first-order chi connectivity index (χ1) is 9.48. The molecule has 3 saturated carbocycles. The Balaban J connectivity index is 2.29. The van der Waals surface area contributed by atoms with E-state index in [0.29, 0.717) is 16.0 Å². The Morgan fingerprint density at radius 2 is 1.90 bits per heavy atom. The number of rotatable bonds is 4. The van der Waals surface area contributed by atoms with Crippen molar-refractivity contribution in [2.45, 2.75) is 77.7 Å². The van der Waals surface area contributed by atoms with Gasteiger partial charge in [0.15, 0.2) is 0 Å². The molecular formula is C18H32O2Si. The third-order valence-corrected chi connectivity index (χ3v) is 13.1. The van der Waals surface area contributed by atoms with Crippen LogP contribution >= 0.6 is 0 Å². The Labute approximate surface area is 131 Å². The summed E-state index contributed by atoms with van der Waals surface area (Å²) >= 11 is 0. The van der Waals surface area contributed by atoms with Crippen LogP contribution in [0, 0.1) is 17.3 Å². The van der Waals surface area contributed by atoms with Crippen LogP contribution in [0.4, 0.5) is 0 Å². The molecule has 3 aliphatic carbocycles. The van der Waals surface area contributed by atoms with Gasteiger partial charge in [-0.2, -0.15) is 0 Å². The quantitative estimate of drug-likeness (QED) is 0.417. The van der Waals surface area contributed by atoms with E-state index in [1.807, 2.05) is 0 Å². The Kier molecular flexibility index (Phi) is 3.97. The number of ether oxygens (including phenoxy) is 1. The van der Waals surface area contributed by atoms with Gasteiger partial charge in [0.05, 0.1) is 5.73 Å². The highest BCUT2D eigenvalue weighted by Crippen LogP contribution is 2.78. The van der Waals surface area contributed by atoms with Gasteiger partial charge in [0.25, 0.3) is 0 Å². The number of carbonyl (C=O) groups excluding carboxylic acids is 1. The minimum Gasteiger partial charge on any atom is -0.463 e. The highest BCUT2D eigenvalue weighted by molar-refractivity contribution is 6.82. The molecule has 0 aromatic rings. The summed E-state index contributed by atoms with van der Waals surface area (Å²) < 4.78 is 5.78. The van der Waals surface area contributed by atoms with Crippen LogP contribution in [0.15, 0.2) is 12.2 Å². The molecular weight excluding hydrogens is 276 g/mol. The number of esters is 1. The first kappa shape index (κ1) is 16.8. The molecule has 3 fully saturated rings. The van der Waals surface area contributed by atoms with Crippen molar-refractivity contribution in [3.63, 3.8) is 0 Å². The van der Waals surface area contributed by atoms with Gasteiger partial charge < -0.3 is 4.74 Å². The molecule has 0 aromatic carbocycles. The molecule has 0 heterocycles. The molecule has 21 heavy (non-hydrogen) atoms. The van der Waals surface area contributed by atoms with Crippen LogP contribution < -0.4 is 0 Å². The smallest absolute Gasteiger partial charge is 0.333 e. The van der Waals surface area contributed by atoms with E-state index < -0.39 is 8.07 Å². The van der Waals surface area contributed by atoms with Crippen LogP contribution in [-0.2, 0) is 9.53 Å².